The van der Waals surface area contributed by atoms with E-state index in [4.69, 9.17) is 15.2 Å². The van der Waals surface area contributed by atoms with Crippen molar-refractivity contribution in [3.05, 3.63) is 17.6 Å². The van der Waals surface area contributed by atoms with Crippen molar-refractivity contribution in [1.82, 2.24) is 9.55 Å². The Labute approximate surface area is 117 Å². The van der Waals surface area contributed by atoms with Crippen LogP contribution in [0.3, 0.4) is 0 Å². The molecule has 0 bridgehead atoms. The number of aromatic nitrogens is 2. The Morgan fingerprint density at radius 1 is 1.30 bits per heavy atom. The minimum atomic E-state index is -0.662. The van der Waals surface area contributed by atoms with E-state index < -0.39 is 11.9 Å². The molecule has 0 amide bonds. The largest absolute Gasteiger partial charge is 0.463 e. The predicted octanol–water partition coefficient (Wildman–Crippen LogP) is 0.820. The van der Waals surface area contributed by atoms with Crippen molar-refractivity contribution in [3.8, 4) is 0 Å². The molecule has 7 heteroatoms. The fourth-order valence-electron chi connectivity index (χ4n) is 1.56. The Kier molecular flexibility index (Phi) is 5.31. The number of nitrogens with zero attached hydrogens (tertiary/aromatic N) is 2. The average Bonchev–Trinajstić information content (AvgIpc) is 2.64. The van der Waals surface area contributed by atoms with Gasteiger partial charge >= 0.3 is 11.9 Å². The smallest absolute Gasteiger partial charge is 0.340 e. The normalized spacial score (nSPS) is 11.3. The molecule has 0 aromatic carbocycles. The summed E-state index contributed by atoms with van der Waals surface area (Å²) in [6.07, 6.45) is 1.06. The lowest BCUT2D eigenvalue weighted by Gasteiger charge is -2.06. The van der Waals surface area contributed by atoms with Crippen molar-refractivity contribution in [2.24, 2.45) is 7.05 Å². The van der Waals surface area contributed by atoms with Gasteiger partial charge in [0.15, 0.2) is 0 Å². The van der Waals surface area contributed by atoms with Gasteiger partial charge in [-0.2, -0.15) is 0 Å². The Morgan fingerprint density at radius 3 is 2.35 bits per heavy atom. The van der Waals surface area contributed by atoms with E-state index in [2.05, 4.69) is 4.98 Å². The van der Waals surface area contributed by atoms with E-state index >= 15 is 0 Å². The molecule has 0 unspecified atom stereocenters. The SMILES string of the molecule is CCOC(=O)/C=C(/C(=O)OCC)c1nc(C)n(C)c1N. The lowest BCUT2D eigenvalue weighted by Crippen LogP contribution is -2.12. The van der Waals surface area contributed by atoms with Gasteiger partial charge in [-0.25, -0.2) is 14.6 Å². The number of imidazole rings is 1. The molecule has 1 heterocycles. The summed E-state index contributed by atoms with van der Waals surface area (Å²) in [4.78, 5) is 27.7. The molecule has 20 heavy (non-hydrogen) atoms. The van der Waals surface area contributed by atoms with Gasteiger partial charge in [0, 0.05) is 13.1 Å². The van der Waals surface area contributed by atoms with Gasteiger partial charge in [0.2, 0.25) is 0 Å². The highest BCUT2D eigenvalue weighted by Gasteiger charge is 2.22. The number of rotatable bonds is 5. The first-order chi connectivity index (χ1) is 9.42. The lowest BCUT2D eigenvalue weighted by atomic mass is 10.1. The summed E-state index contributed by atoms with van der Waals surface area (Å²) in [5.41, 5.74) is 6.10. The number of hydrogen-bond acceptors (Lipinski definition) is 6. The van der Waals surface area contributed by atoms with Crippen LogP contribution in [0.15, 0.2) is 6.08 Å². The number of carbonyl (C=O) groups excluding carboxylic acids is 2. The second-order valence-electron chi connectivity index (χ2n) is 3.98. The molecule has 0 saturated heterocycles. The summed E-state index contributed by atoms with van der Waals surface area (Å²) in [5.74, 6) is -0.397. The second-order valence-corrected chi connectivity index (χ2v) is 3.98. The van der Waals surface area contributed by atoms with E-state index in [-0.39, 0.29) is 30.3 Å². The van der Waals surface area contributed by atoms with Gasteiger partial charge in [0.25, 0.3) is 0 Å². The average molecular weight is 281 g/mol. The molecule has 0 saturated carbocycles. The molecular weight excluding hydrogens is 262 g/mol. The highest BCUT2D eigenvalue weighted by molar-refractivity contribution is 6.21. The minimum Gasteiger partial charge on any atom is -0.463 e. The zero-order chi connectivity index (χ0) is 15.3. The maximum Gasteiger partial charge on any atom is 0.340 e. The monoisotopic (exact) mass is 281 g/mol. The van der Waals surface area contributed by atoms with Crippen LogP contribution in [-0.4, -0.2) is 34.7 Å². The highest BCUT2D eigenvalue weighted by atomic mass is 16.5. The van der Waals surface area contributed by atoms with Gasteiger partial charge in [0.1, 0.15) is 17.3 Å². The van der Waals surface area contributed by atoms with Crippen LogP contribution in [0.2, 0.25) is 0 Å². The molecule has 7 nitrogen and oxygen atoms in total. The summed E-state index contributed by atoms with van der Waals surface area (Å²) < 4.78 is 11.3. The summed E-state index contributed by atoms with van der Waals surface area (Å²) in [5, 5.41) is 0. The molecule has 0 radical (unpaired) electrons. The quantitative estimate of drug-likeness (QED) is 0.634. The van der Waals surface area contributed by atoms with Crippen molar-refractivity contribution in [2.45, 2.75) is 20.8 Å². The Morgan fingerprint density at radius 2 is 1.90 bits per heavy atom. The number of ether oxygens (including phenoxy) is 2. The molecule has 0 atom stereocenters. The van der Waals surface area contributed by atoms with Gasteiger partial charge in [-0.3, -0.25) is 0 Å². The molecule has 1 aromatic rings. The fourth-order valence-corrected chi connectivity index (χ4v) is 1.56. The molecule has 0 spiro atoms. The van der Waals surface area contributed by atoms with Gasteiger partial charge in [-0.05, 0) is 20.8 Å². The van der Waals surface area contributed by atoms with Gasteiger partial charge in [0.05, 0.1) is 18.8 Å². The van der Waals surface area contributed by atoms with Crippen LogP contribution in [0, 0.1) is 6.92 Å². The van der Waals surface area contributed by atoms with Crippen LogP contribution in [-0.2, 0) is 26.1 Å². The van der Waals surface area contributed by atoms with Gasteiger partial charge in [-0.1, -0.05) is 0 Å². The zero-order valence-electron chi connectivity index (χ0n) is 12.1. The van der Waals surface area contributed by atoms with Crippen LogP contribution in [0.5, 0.6) is 0 Å². The third kappa shape index (κ3) is 3.37. The number of esters is 2. The first-order valence-corrected chi connectivity index (χ1v) is 6.27. The minimum absolute atomic E-state index is 0.00787. The Bertz CT molecular complexity index is 546. The molecule has 1 aromatic heterocycles. The first kappa shape index (κ1) is 15.7. The molecular formula is C13H19N3O4. The zero-order valence-corrected chi connectivity index (χ0v) is 12.1. The van der Waals surface area contributed by atoms with Crippen molar-refractivity contribution in [1.29, 1.82) is 0 Å². The molecule has 0 fully saturated rings. The summed E-state index contributed by atoms with van der Waals surface area (Å²) in [6.45, 7) is 5.49. The van der Waals surface area contributed by atoms with Gasteiger partial charge in [-0.15, -0.1) is 0 Å². The number of carbonyl (C=O) groups is 2. The van der Waals surface area contributed by atoms with Crippen molar-refractivity contribution >= 4 is 23.3 Å². The third-order valence-electron chi connectivity index (χ3n) is 2.66. The third-order valence-corrected chi connectivity index (χ3v) is 2.66. The van der Waals surface area contributed by atoms with Crippen molar-refractivity contribution in [3.63, 3.8) is 0 Å². The van der Waals surface area contributed by atoms with Crippen LogP contribution in [0.4, 0.5) is 5.82 Å². The van der Waals surface area contributed by atoms with Gasteiger partial charge < -0.3 is 19.8 Å². The van der Waals surface area contributed by atoms with E-state index in [1.54, 1.807) is 32.4 Å². The predicted molar refractivity (Wildman–Crippen MR) is 73.6 cm³/mol. The van der Waals surface area contributed by atoms with Crippen LogP contribution < -0.4 is 5.73 Å². The second kappa shape index (κ2) is 6.74. The van der Waals surface area contributed by atoms with Crippen molar-refractivity contribution < 1.29 is 19.1 Å². The van der Waals surface area contributed by atoms with E-state index in [1.165, 1.54) is 0 Å². The van der Waals surface area contributed by atoms with E-state index in [0.717, 1.165) is 6.08 Å². The number of aryl methyl sites for hydroxylation is 1. The highest BCUT2D eigenvalue weighted by Crippen LogP contribution is 2.22. The maximum absolute atomic E-state index is 12.0. The molecule has 2 N–H and O–H groups in total. The Balaban J connectivity index is 3.26. The molecule has 0 aliphatic rings. The van der Waals surface area contributed by atoms with Crippen LogP contribution in [0.1, 0.15) is 25.4 Å². The standard InChI is InChI=1S/C13H19N3O4/c1-5-19-10(17)7-9(13(18)20-6-2)11-12(14)16(4)8(3)15-11/h7H,5-6,14H2,1-4H3/b9-7+. The van der Waals surface area contributed by atoms with E-state index in [9.17, 15) is 9.59 Å². The van der Waals surface area contributed by atoms with E-state index in [0.29, 0.717) is 5.82 Å². The number of nitrogens with two attached hydrogens (primary N) is 1. The van der Waals surface area contributed by atoms with Crippen LogP contribution in [0.25, 0.3) is 5.57 Å². The summed E-state index contributed by atoms with van der Waals surface area (Å²) in [7, 11) is 1.72. The van der Waals surface area contributed by atoms with Crippen molar-refractivity contribution in [2.75, 3.05) is 18.9 Å². The number of nitrogen functional groups attached to an aromatic ring is 1. The molecule has 0 aliphatic carbocycles. The number of hydrogen-bond donors (Lipinski definition) is 1. The number of anilines is 1. The molecule has 1 rings (SSSR count). The maximum atomic E-state index is 12.0. The summed E-state index contributed by atoms with van der Waals surface area (Å²) in [6, 6.07) is 0. The lowest BCUT2D eigenvalue weighted by molar-refractivity contribution is -0.139. The Hall–Kier alpha value is -2.31. The molecule has 110 valence electrons. The fraction of sp³-hybridized carbons (Fsp3) is 0.462. The molecule has 0 aliphatic heterocycles. The van der Waals surface area contributed by atoms with E-state index in [1.807, 2.05) is 0 Å². The summed E-state index contributed by atoms with van der Waals surface area (Å²) >= 11 is 0. The topological polar surface area (TPSA) is 96.4 Å². The van der Waals surface area contributed by atoms with Crippen LogP contribution >= 0.6 is 0 Å². The first-order valence-electron chi connectivity index (χ1n) is 6.27.